The summed E-state index contributed by atoms with van der Waals surface area (Å²) >= 11 is 0. The molecule has 0 saturated heterocycles. The van der Waals surface area contributed by atoms with Gasteiger partial charge in [0.1, 0.15) is 0 Å². The zero-order valence-corrected chi connectivity index (χ0v) is 9.98. The number of hydrogen-bond donors (Lipinski definition) is 2. The van der Waals surface area contributed by atoms with Gasteiger partial charge >= 0.3 is 0 Å². The lowest BCUT2D eigenvalue weighted by Gasteiger charge is -2.11. The van der Waals surface area contributed by atoms with Crippen molar-refractivity contribution in [1.29, 1.82) is 0 Å². The number of benzene rings is 1. The Kier molecular flexibility index (Phi) is 2.39. The van der Waals surface area contributed by atoms with Crippen molar-refractivity contribution >= 4 is 22.3 Å². The fraction of sp³-hybridized carbons (Fsp3) is 0.357. The van der Waals surface area contributed by atoms with E-state index in [9.17, 15) is 0 Å². The predicted molar refractivity (Wildman–Crippen MR) is 72.0 cm³/mol. The number of aromatic nitrogens is 1. The Bertz CT molecular complexity index is 550. The molecule has 1 aliphatic carbocycles. The Balaban J connectivity index is 1.99. The summed E-state index contributed by atoms with van der Waals surface area (Å²) in [6.45, 7) is 2.24. The van der Waals surface area contributed by atoms with Gasteiger partial charge in [0.25, 0.3) is 0 Å². The average molecular weight is 227 g/mol. The van der Waals surface area contributed by atoms with E-state index in [1.165, 1.54) is 12.8 Å². The average Bonchev–Trinajstić information content (AvgIpc) is 3.11. The number of nitrogens with one attached hydrogen (secondary N) is 1. The second kappa shape index (κ2) is 3.91. The zero-order chi connectivity index (χ0) is 11.8. The van der Waals surface area contributed by atoms with E-state index in [0.717, 1.165) is 28.2 Å². The number of para-hydroxylation sites is 1. The maximum Gasteiger partial charge on any atom is 0.0743 e. The van der Waals surface area contributed by atoms with Crippen LogP contribution in [0.25, 0.3) is 10.9 Å². The fourth-order valence-electron chi connectivity index (χ4n) is 2.38. The highest BCUT2D eigenvalue weighted by Crippen LogP contribution is 2.39. The highest BCUT2D eigenvalue weighted by atomic mass is 15.0. The van der Waals surface area contributed by atoms with E-state index in [0.29, 0.717) is 6.04 Å². The molecule has 1 fully saturated rings. The minimum absolute atomic E-state index is 0.591. The summed E-state index contributed by atoms with van der Waals surface area (Å²) in [7, 11) is 0. The van der Waals surface area contributed by atoms with Crippen molar-refractivity contribution in [3.8, 4) is 0 Å². The Labute approximate surface area is 101 Å². The lowest BCUT2D eigenvalue weighted by Crippen LogP contribution is -2.07. The van der Waals surface area contributed by atoms with Gasteiger partial charge < -0.3 is 11.1 Å². The Morgan fingerprint density at radius 2 is 2.24 bits per heavy atom. The molecule has 1 aromatic carbocycles. The normalized spacial score (nSPS) is 22.6. The summed E-state index contributed by atoms with van der Waals surface area (Å²) in [4.78, 5) is 4.34. The number of nitrogens with zero attached hydrogens (tertiary/aromatic N) is 1. The molecule has 1 aliphatic rings. The lowest BCUT2D eigenvalue weighted by atomic mass is 10.1. The number of anilines is 2. The van der Waals surface area contributed by atoms with Crippen LogP contribution in [0.5, 0.6) is 0 Å². The molecular weight excluding hydrogens is 210 g/mol. The molecule has 0 spiro atoms. The summed E-state index contributed by atoms with van der Waals surface area (Å²) < 4.78 is 0. The van der Waals surface area contributed by atoms with Crippen LogP contribution in [0.4, 0.5) is 11.4 Å². The second-order valence-electron chi connectivity index (χ2n) is 4.76. The SMILES string of the molecule is CCC1CC1Nc1c(N)cnc2ccccc12. The minimum atomic E-state index is 0.591. The maximum atomic E-state index is 6.02. The van der Waals surface area contributed by atoms with E-state index in [4.69, 9.17) is 5.73 Å². The van der Waals surface area contributed by atoms with E-state index < -0.39 is 0 Å². The van der Waals surface area contributed by atoms with Gasteiger partial charge in [0.15, 0.2) is 0 Å². The first-order valence-electron chi connectivity index (χ1n) is 6.19. The fourth-order valence-corrected chi connectivity index (χ4v) is 2.38. The monoisotopic (exact) mass is 227 g/mol. The zero-order valence-electron chi connectivity index (χ0n) is 9.98. The van der Waals surface area contributed by atoms with Crippen LogP contribution >= 0.6 is 0 Å². The molecule has 3 rings (SSSR count). The van der Waals surface area contributed by atoms with Gasteiger partial charge in [-0.1, -0.05) is 31.5 Å². The molecule has 2 unspecified atom stereocenters. The summed E-state index contributed by atoms with van der Waals surface area (Å²) in [5.74, 6) is 0.807. The highest BCUT2D eigenvalue weighted by Gasteiger charge is 2.35. The van der Waals surface area contributed by atoms with Gasteiger partial charge in [-0.05, 0) is 18.4 Å². The van der Waals surface area contributed by atoms with Gasteiger partial charge in [-0.2, -0.15) is 0 Å². The predicted octanol–water partition coefficient (Wildman–Crippen LogP) is 3.03. The van der Waals surface area contributed by atoms with Gasteiger partial charge in [-0.15, -0.1) is 0 Å². The third-order valence-corrected chi connectivity index (χ3v) is 3.58. The van der Waals surface area contributed by atoms with Crippen LogP contribution in [0, 0.1) is 5.92 Å². The van der Waals surface area contributed by atoms with E-state index in [1.807, 2.05) is 18.2 Å². The Morgan fingerprint density at radius 1 is 1.41 bits per heavy atom. The first kappa shape index (κ1) is 10.4. The van der Waals surface area contributed by atoms with E-state index in [1.54, 1.807) is 6.20 Å². The summed E-state index contributed by atoms with van der Waals surface area (Å²) in [6, 6.07) is 8.71. The number of fused-ring (bicyclic) bond motifs is 1. The molecular formula is C14H17N3. The molecule has 0 aliphatic heterocycles. The van der Waals surface area contributed by atoms with Crippen LogP contribution in [0.3, 0.4) is 0 Å². The summed E-state index contributed by atoms with van der Waals surface area (Å²) in [5, 5.41) is 4.68. The Morgan fingerprint density at radius 3 is 3.00 bits per heavy atom. The smallest absolute Gasteiger partial charge is 0.0743 e. The van der Waals surface area contributed by atoms with Crippen molar-refractivity contribution < 1.29 is 0 Å². The van der Waals surface area contributed by atoms with Crippen molar-refractivity contribution in [1.82, 2.24) is 4.98 Å². The van der Waals surface area contributed by atoms with E-state index >= 15 is 0 Å². The third kappa shape index (κ3) is 1.82. The summed E-state index contributed by atoms with van der Waals surface area (Å²) in [6.07, 6.45) is 4.24. The van der Waals surface area contributed by atoms with Crippen molar-refractivity contribution in [2.45, 2.75) is 25.8 Å². The van der Waals surface area contributed by atoms with Crippen LogP contribution in [0.15, 0.2) is 30.5 Å². The number of hydrogen-bond acceptors (Lipinski definition) is 3. The van der Waals surface area contributed by atoms with Crippen molar-refractivity contribution in [3.63, 3.8) is 0 Å². The number of rotatable bonds is 3. The van der Waals surface area contributed by atoms with Crippen molar-refractivity contribution in [2.75, 3.05) is 11.1 Å². The van der Waals surface area contributed by atoms with E-state index in [-0.39, 0.29) is 0 Å². The van der Waals surface area contributed by atoms with Crippen LogP contribution in [0.1, 0.15) is 19.8 Å². The van der Waals surface area contributed by atoms with Crippen LogP contribution in [-0.4, -0.2) is 11.0 Å². The molecule has 0 amide bonds. The second-order valence-corrected chi connectivity index (χ2v) is 4.76. The minimum Gasteiger partial charge on any atom is -0.396 e. The molecule has 3 N–H and O–H groups in total. The molecule has 88 valence electrons. The first-order valence-corrected chi connectivity index (χ1v) is 6.19. The van der Waals surface area contributed by atoms with E-state index in [2.05, 4.69) is 23.3 Å². The number of nitrogens with two attached hydrogens (primary N) is 1. The highest BCUT2D eigenvalue weighted by molar-refractivity contribution is 5.97. The molecule has 1 heterocycles. The van der Waals surface area contributed by atoms with Gasteiger partial charge in [0, 0.05) is 11.4 Å². The largest absolute Gasteiger partial charge is 0.396 e. The standard InChI is InChI=1S/C14H17N3/c1-2-9-7-13(9)17-14-10-5-3-4-6-12(10)16-8-11(14)15/h3-6,8-9,13H,2,7,15H2,1H3,(H,16,17). The molecule has 1 aromatic heterocycles. The van der Waals surface area contributed by atoms with Gasteiger partial charge in [0.05, 0.1) is 23.1 Å². The molecule has 3 nitrogen and oxygen atoms in total. The first-order chi connectivity index (χ1) is 8.29. The molecule has 17 heavy (non-hydrogen) atoms. The molecule has 1 saturated carbocycles. The van der Waals surface area contributed by atoms with Crippen LogP contribution in [0.2, 0.25) is 0 Å². The van der Waals surface area contributed by atoms with Gasteiger partial charge in [-0.25, -0.2) is 0 Å². The Hall–Kier alpha value is -1.77. The number of pyridine rings is 1. The number of nitrogen functional groups attached to an aromatic ring is 1. The quantitative estimate of drug-likeness (QED) is 0.847. The topological polar surface area (TPSA) is 50.9 Å². The molecule has 2 atom stereocenters. The molecule has 2 aromatic rings. The maximum absolute atomic E-state index is 6.02. The van der Waals surface area contributed by atoms with Crippen LogP contribution < -0.4 is 11.1 Å². The van der Waals surface area contributed by atoms with Crippen molar-refractivity contribution in [3.05, 3.63) is 30.5 Å². The lowest BCUT2D eigenvalue weighted by molar-refractivity contribution is 0.775. The molecule has 0 radical (unpaired) electrons. The molecule has 0 bridgehead atoms. The molecule has 3 heteroatoms. The van der Waals surface area contributed by atoms with Crippen LogP contribution in [-0.2, 0) is 0 Å². The van der Waals surface area contributed by atoms with Gasteiger partial charge in [-0.3, -0.25) is 4.98 Å². The summed E-state index contributed by atoms with van der Waals surface area (Å²) in [5.41, 5.74) is 8.82. The third-order valence-electron chi connectivity index (χ3n) is 3.58. The van der Waals surface area contributed by atoms with Crippen molar-refractivity contribution in [2.24, 2.45) is 5.92 Å². The van der Waals surface area contributed by atoms with Gasteiger partial charge in [0.2, 0.25) is 0 Å².